The van der Waals surface area contributed by atoms with Crippen molar-refractivity contribution in [3.05, 3.63) is 30.1 Å². The number of para-hydroxylation sites is 1. The molecule has 2 N–H and O–H groups in total. The number of carboxylic acid groups (broad SMARTS) is 1. The summed E-state index contributed by atoms with van der Waals surface area (Å²) in [4.78, 5) is 24.7. The van der Waals surface area contributed by atoms with Crippen molar-refractivity contribution in [2.45, 2.75) is 31.7 Å². The number of rotatable bonds is 4. The summed E-state index contributed by atoms with van der Waals surface area (Å²) in [5.74, 6) is -1.55. The van der Waals surface area contributed by atoms with Gasteiger partial charge in [0.25, 0.3) is 0 Å². The summed E-state index contributed by atoms with van der Waals surface area (Å²) in [6.07, 6.45) is 1.57. The number of nitrogens with zero attached hydrogens (tertiary/aromatic N) is 1. The predicted octanol–water partition coefficient (Wildman–Crippen LogP) is 2.37. The molecule has 1 aromatic carbocycles. The third kappa shape index (κ3) is 2.45. The maximum absolute atomic E-state index is 13.7. The first-order valence-corrected chi connectivity index (χ1v) is 6.58. The van der Waals surface area contributed by atoms with Crippen molar-refractivity contribution in [2.24, 2.45) is 0 Å². The number of halogens is 1. The zero-order valence-corrected chi connectivity index (χ0v) is 11.2. The predicted molar refractivity (Wildman–Crippen MR) is 72.2 cm³/mol. The van der Waals surface area contributed by atoms with Crippen LogP contribution in [0.25, 0.3) is 0 Å². The largest absolute Gasteiger partial charge is 0.480 e. The van der Waals surface area contributed by atoms with E-state index < -0.39 is 23.4 Å². The van der Waals surface area contributed by atoms with Crippen molar-refractivity contribution in [2.75, 3.05) is 11.4 Å². The molecule has 1 aliphatic carbocycles. The smallest absolute Gasteiger partial charge is 0.329 e. The lowest BCUT2D eigenvalue weighted by Gasteiger charge is -2.39. The fourth-order valence-electron chi connectivity index (χ4n) is 2.29. The number of nitrogens with one attached hydrogen (secondary N) is 1. The van der Waals surface area contributed by atoms with Crippen LogP contribution in [0.15, 0.2) is 24.3 Å². The summed E-state index contributed by atoms with van der Waals surface area (Å²) in [7, 11) is 0. The summed E-state index contributed by atoms with van der Waals surface area (Å²) in [5.41, 5.74) is -1.05. The zero-order chi connectivity index (χ0) is 14.8. The number of aliphatic carboxylic acids is 1. The van der Waals surface area contributed by atoms with Crippen LogP contribution in [0.5, 0.6) is 0 Å². The van der Waals surface area contributed by atoms with Crippen molar-refractivity contribution in [1.82, 2.24) is 5.32 Å². The minimum absolute atomic E-state index is 0.146. The van der Waals surface area contributed by atoms with Gasteiger partial charge in [-0.05, 0) is 38.3 Å². The van der Waals surface area contributed by atoms with Crippen molar-refractivity contribution < 1.29 is 19.1 Å². The SMILES string of the molecule is CCN(C(=O)NC1(C(=O)O)CCC1)c1ccccc1F. The average molecular weight is 280 g/mol. The van der Waals surface area contributed by atoms with Gasteiger partial charge in [0, 0.05) is 6.54 Å². The Kier molecular flexibility index (Phi) is 3.92. The van der Waals surface area contributed by atoms with Gasteiger partial charge in [-0.25, -0.2) is 14.0 Å². The van der Waals surface area contributed by atoms with Crippen molar-refractivity contribution in [3.63, 3.8) is 0 Å². The molecule has 1 saturated carbocycles. The van der Waals surface area contributed by atoms with Gasteiger partial charge in [-0.3, -0.25) is 4.90 Å². The van der Waals surface area contributed by atoms with Crippen LogP contribution >= 0.6 is 0 Å². The Labute approximate surface area is 116 Å². The summed E-state index contributed by atoms with van der Waals surface area (Å²) in [6, 6.07) is 5.34. The van der Waals surface area contributed by atoms with E-state index in [2.05, 4.69) is 5.32 Å². The van der Waals surface area contributed by atoms with Crippen LogP contribution in [0.2, 0.25) is 0 Å². The number of anilines is 1. The highest BCUT2D eigenvalue weighted by atomic mass is 19.1. The van der Waals surface area contributed by atoms with E-state index in [9.17, 15) is 19.1 Å². The first-order chi connectivity index (χ1) is 9.50. The van der Waals surface area contributed by atoms with Crippen LogP contribution in [-0.2, 0) is 4.79 Å². The van der Waals surface area contributed by atoms with Gasteiger partial charge >= 0.3 is 12.0 Å². The molecule has 0 spiro atoms. The van der Waals surface area contributed by atoms with Crippen molar-refractivity contribution in [3.8, 4) is 0 Å². The molecular formula is C14H17FN2O3. The molecule has 0 aliphatic heterocycles. The monoisotopic (exact) mass is 280 g/mol. The highest BCUT2D eigenvalue weighted by molar-refractivity contribution is 5.96. The topological polar surface area (TPSA) is 69.6 Å². The molecule has 1 fully saturated rings. The van der Waals surface area contributed by atoms with Crippen molar-refractivity contribution >= 4 is 17.7 Å². The van der Waals surface area contributed by atoms with Crippen LogP contribution in [0.4, 0.5) is 14.9 Å². The standard InChI is InChI=1S/C14H17FN2O3/c1-2-17(11-7-4-3-6-10(11)15)13(20)16-14(12(18)19)8-5-9-14/h3-4,6-7H,2,5,8-9H2,1H3,(H,16,20)(H,18,19). The van der Waals surface area contributed by atoms with Crippen LogP contribution in [-0.4, -0.2) is 29.2 Å². The van der Waals surface area contributed by atoms with Crippen LogP contribution in [0, 0.1) is 5.82 Å². The third-order valence-electron chi connectivity index (χ3n) is 3.67. The third-order valence-corrected chi connectivity index (χ3v) is 3.67. The summed E-state index contributed by atoms with van der Waals surface area (Å²) < 4.78 is 13.7. The molecule has 0 radical (unpaired) electrons. The van der Waals surface area contributed by atoms with E-state index in [4.69, 9.17) is 0 Å². The molecular weight excluding hydrogens is 263 g/mol. The molecule has 0 unspecified atom stereocenters. The van der Waals surface area contributed by atoms with E-state index in [0.29, 0.717) is 12.8 Å². The van der Waals surface area contributed by atoms with Crippen LogP contribution in [0.3, 0.4) is 0 Å². The lowest BCUT2D eigenvalue weighted by molar-refractivity contribution is -0.148. The minimum atomic E-state index is -1.20. The second-order valence-corrected chi connectivity index (χ2v) is 4.87. The fraction of sp³-hybridized carbons (Fsp3) is 0.429. The quantitative estimate of drug-likeness (QED) is 0.889. The lowest BCUT2D eigenvalue weighted by Crippen LogP contribution is -2.61. The van der Waals surface area contributed by atoms with E-state index in [-0.39, 0.29) is 12.2 Å². The van der Waals surface area contributed by atoms with Gasteiger partial charge < -0.3 is 10.4 Å². The summed E-state index contributed by atoms with van der Waals surface area (Å²) >= 11 is 0. The highest BCUT2D eigenvalue weighted by Crippen LogP contribution is 2.32. The van der Waals surface area contributed by atoms with Gasteiger partial charge in [-0.1, -0.05) is 12.1 Å². The van der Waals surface area contributed by atoms with Gasteiger partial charge in [-0.15, -0.1) is 0 Å². The second kappa shape index (κ2) is 5.48. The number of hydrogen-bond acceptors (Lipinski definition) is 2. The van der Waals surface area contributed by atoms with E-state index in [0.717, 1.165) is 6.42 Å². The molecule has 0 bridgehead atoms. The average Bonchev–Trinajstić information content (AvgIpc) is 2.36. The maximum Gasteiger partial charge on any atom is 0.329 e. The number of urea groups is 1. The van der Waals surface area contributed by atoms with E-state index in [1.165, 1.54) is 23.1 Å². The molecule has 0 aromatic heterocycles. The molecule has 0 heterocycles. The fourth-order valence-corrected chi connectivity index (χ4v) is 2.29. The molecule has 6 heteroatoms. The Morgan fingerprint density at radius 2 is 2.05 bits per heavy atom. The van der Waals surface area contributed by atoms with Crippen molar-refractivity contribution in [1.29, 1.82) is 0 Å². The minimum Gasteiger partial charge on any atom is -0.480 e. The lowest BCUT2D eigenvalue weighted by atomic mass is 9.77. The van der Waals surface area contributed by atoms with Gasteiger partial charge in [0.15, 0.2) is 0 Å². The summed E-state index contributed by atoms with van der Waals surface area (Å²) in [6.45, 7) is 1.96. The number of hydrogen-bond donors (Lipinski definition) is 2. The molecule has 5 nitrogen and oxygen atoms in total. The first-order valence-electron chi connectivity index (χ1n) is 6.58. The number of carboxylic acids is 1. The Balaban J connectivity index is 2.18. The molecule has 1 aliphatic rings. The molecule has 1 aromatic rings. The Bertz CT molecular complexity index is 529. The van der Waals surface area contributed by atoms with Gasteiger partial charge in [0.1, 0.15) is 11.4 Å². The van der Waals surface area contributed by atoms with Crippen LogP contribution in [0.1, 0.15) is 26.2 Å². The Morgan fingerprint density at radius 3 is 2.50 bits per heavy atom. The van der Waals surface area contributed by atoms with Crippen LogP contribution < -0.4 is 10.2 Å². The molecule has 2 amide bonds. The van der Waals surface area contributed by atoms with E-state index in [1.807, 2.05) is 0 Å². The molecule has 2 rings (SSSR count). The Morgan fingerprint density at radius 1 is 1.40 bits per heavy atom. The molecule has 20 heavy (non-hydrogen) atoms. The zero-order valence-electron chi connectivity index (χ0n) is 11.2. The first kappa shape index (κ1) is 14.3. The number of amides is 2. The molecule has 108 valence electrons. The van der Waals surface area contributed by atoms with E-state index in [1.54, 1.807) is 13.0 Å². The number of carbonyl (C=O) groups is 2. The Hall–Kier alpha value is -2.11. The normalized spacial score (nSPS) is 16.1. The van der Waals surface area contributed by atoms with Gasteiger partial charge in [-0.2, -0.15) is 0 Å². The number of benzene rings is 1. The second-order valence-electron chi connectivity index (χ2n) is 4.87. The molecule has 0 saturated heterocycles. The number of carbonyl (C=O) groups excluding carboxylic acids is 1. The van der Waals surface area contributed by atoms with Gasteiger partial charge in [0.05, 0.1) is 5.69 Å². The summed E-state index contributed by atoms with van der Waals surface area (Å²) in [5, 5.41) is 11.7. The highest BCUT2D eigenvalue weighted by Gasteiger charge is 2.46. The maximum atomic E-state index is 13.7. The molecule has 0 atom stereocenters. The van der Waals surface area contributed by atoms with Gasteiger partial charge in [0.2, 0.25) is 0 Å². The van der Waals surface area contributed by atoms with E-state index >= 15 is 0 Å².